The van der Waals surface area contributed by atoms with Gasteiger partial charge in [0.15, 0.2) is 5.75 Å². The van der Waals surface area contributed by atoms with Gasteiger partial charge in [-0.2, -0.15) is 0 Å². The van der Waals surface area contributed by atoms with E-state index in [-0.39, 0.29) is 22.9 Å². The largest absolute Gasteiger partial charge is 0.573 e. The number of halogens is 3. The number of piperazine rings is 2. The number of amides is 3. The molecule has 0 unspecified atom stereocenters. The van der Waals surface area contributed by atoms with Crippen LogP contribution in [0.15, 0.2) is 18.2 Å². The number of nitrogens with zero attached hydrogens (tertiary/aromatic N) is 6. The molecule has 2 saturated heterocycles. The Morgan fingerprint density at radius 1 is 1.00 bits per heavy atom. The lowest BCUT2D eigenvalue weighted by molar-refractivity contribution is -0.274. The van der Waals surface area contributed by atoms with E-state index in [1.807, 2.05) is 16.8 Å². The highest BCUT2D eigenvalue weighted by Crippen LogP contribution is 2.32. The van der Waals surface area contributed by atoms with Gasteiger partial charge in [-0.05, 0) is 25.2 Å². The zero-order chi connectivity index (χ0) is 28.9. The Balaban J connectivity index is 1.41. The van der Waals surface area contributed by atoms with Crippen molar-refractivity contribution >= 4 is 45.2 Å². The fourth-order valence-electron chi connectivity index (χ4n) is 4.15. The summed E-state index contributed by atoms with van der Waals surface area (Å²) in [6, 6.07) is 3.24. The van der Waals surface area contributed by atoms with Gasteiger partial charge in [-0.15, -0.1) is 23.4 Å². The van der Waals surface area contributed by atoms with Gasteiger partial charge in [0.1, 0.15) is 0 Å². The van der Waals surface area contributed by atoms with Crippen molar-refractivity contribution < 1.29 is 37.0 Å². The lowest BCUT2D eigenvalue weighted by Crippen LogP contribution is -2.48. The van der Waals surface area contributed by atoms with Crippen LogP contribution in [-0.4, -0.2) is 122 Å². The Hall–Kier alpha value is -3.70. The fourth-order valence-corrected chi connectivity index (χ4v) is 4.95. The van der Waals surface area contributed by atoms with E-state index < -0.39 is 30.0 Å². The van der Waals surface area contributed by atoms with Gasteiger partial charge in [0.2, 0.25) is 16.2 Å². The molecule has 0 aliphatic carbocycles. The number of alkyl halides is 3. The minimum absolute atomic E-state index is 0.0167. The number of nitrogens with one attached hydrogen (secondary N) is 2. The number of carbonyl (C=O) groups is 3. The molecule has 1 aromatic carbocycles. The summed E-state index contributed by atoms with van der Waals surface area (Å²) in [5.41, 5.74) is -0.307. The molecule has 13 nitrogen and oxygen atoms in total. The second-order valence-corrected chi connectivity index (χ2v) is 10.1. The normalized spacial score (nSPS) is 16.9. The van der Waals surface area contributed by atoms with Crippen LogP contribution in [0.25, 0.3) is 0 Å². The van der Waals surface area contributed by atoms with E-state index >= 15 is 0 Å². The molecule has 40 heavy (non-hydrogen) atoms. The minimum atomic E-state index is -4.99. The summed E-state index contributed by atoms with van der Waals surface area (Å²) in [5.74, 6) is -1.83. The van der Waals surface area contributed by atoms with Gasteiger partial charge in [-0.1, -0.05) is 11.3 Å². The zero-order valence-electron chi connectivity index (χ0n) is 21.9. The third-order valence-electron chi connectivity index (χ3n) is 6.32. The Bertz CT molecular complexity index is 1210. The van der Waals surface area contributed by atoms with Gasteiger partial charge >= 0.3 is 12.5 Å². The standard InChI is InChI=1S/C23H29F3N8O5S/c1-31-5-7-32(8-6-31)14-18(35)27-16-13-15(3-4-17(16)39-23(24,25)26)19(36)28-20-29-30-21(40-20)33-9-11-34(12-10-33)22(37)38-2/h3-4,13H,5-12,14H2,1-2H3,(H,27,35)(H,28,29,36). The highest BCUT2D eigenvalue weighted by Gasteiger charge is 2.33. The van der Waals surface area contributed by atoms with Crippen LogP contribution >= 0.6 is 11.3 Å². The van der Waals surface area contributed by atoms with Crippen molar-refractivity contribution in [2.24, 2.45) is 0 Å². The molecule has 2 fully saturated rings. The smallest absolute Gasteiger partial charge is 0.453 e. The second-order valence-electron chi connectivity index (χ2n) is 9.17. The van der Waals surface area contributed by atoms with E-state index in [1.165, 1.54) is 7.11 Å². The number of benzene rings is 1. The van der Waals surface area contributed by atoms with Crippen LogP contribution in [0.5, 0.6) is 5.75 Å². The number of rotatable bonds is 7. The van der Waals surface area contributed by atoms with E-state index in [9.17, 15) is 27.6 Å². The van der Waals surface area contributed by atoms with E-state index in [2.05, 4.69) is 30.5 Å². The van der Waals surface area contributed by atoms with Gasteiger partial charge in [0.25, 0.3) is 5.91 Å². The molecule has 17 heteroatoms. The van der Waals surface area contributed by atoms with Crippen molar-refractivity contribution in [3.63, 3.8) is 0 Å². The second kappa shape index (κ2) is 12.6. The summed E-state index contributed by atoms with van der Waals surface area (Å²) in [7, 11) is 3.28. The van der Waals surface area contributed by atoms with Crippen LogP contribution in [0.3, 0.4) is 0 Å². The van der Waals surface area contributed by atoms with Crippen molar-refractivity contribution in [2.45, 2.75) is 6.36 Å². The quantitative estimate of drug-likeness (QED) is 0.495. The van der Waals surface area contributed by atoms with Crippen molar-refractivity contribution in [1.82, 2.24) is 24.9 Å². The van der Waals surface area contributed by atoms with E-state index in [0.29, 0.717) is 44.4 Å². The first-order valence-electron chi connectivity index (χ1n) is 12.3. The molecule has 2 aromatic rings. The summed E-state index contributed by atoms with van der Waals surface area (Å²) in [4.78, 5) is 44.7. The van der Waals surface area contributed by atoms with Crippen molar-refractivity contribution in [2.75, 3.05) is 88.6 Å². The number of anilines is 3. The molecular weight excluding hydrogens is 557 g/mol. The predicted octanol–water partition coefficient (Wildman–Crippen LogP) is 1.76. The third kappa shape index (κ3) is 7.92. The van der Waals surface area contributed by atoms with Gasteiger partial charge in [0.05, 0.1) is 19.3 Å². The Morgan fingerprint density at radius 2 is 1.70 bits per heavy atom. The first kappa shape index (κ1) is 29.3. The molecule has 218 valence electrons. The molecule has 2 aliphatic heterocycles. The highest BCUT2D eigenvalue weighted by molar-refractivity contribution is 7.19. The van der Waals surface area contributed by atoms with Crippen LogP contribution in [0.2, 0.25) is 0 Å². The Kier molecular flexibility index (Phi) is 9.26. The molecule has 1 aromatic heterocycles. The lowest BCUT2D eigenvalue weighted by Gasteiger charge is -2.33. The summed E-state index contributed by atoms with van der Waals surface area (Å²) in [6.45, 7) is 4.66. The number of ether oxygens (including phenoxy) is 2. The van der Waals surface area contributed by atoms with Gasteiger partial charge in [-0.3, -0.25) is 19.8 Å². The molecule has 0 bridgehead atoms. The van der Waals surface area contributed by atoms with E-state index in [4.69, 9.17) is 4.74 Å². The summed E-state index contributed by atoms with van der Waals surface area (Å²) in [5, 5.41) is 13.8. The number of likely N-dealkylation sites (N-methyl/N-ethyl adjacent to an activating group) is 1. The topological polar surface area (TPSA) is 132 Å². The summed E-state index contributed by atoms with van der Waals surface area (Å²) in [6.07, 6.45) is -5.40. The average Bonchev–Trinajstić information content (AvgIpc) is 3.38. The summed E-state index contributed by atoms with van der Waals surface area (Å²) < 4.78 is 47.7. The van der Waals surface area contributed by atoms with Crippen LogP contribution < -0.4 is 20.3 Å². The lowest BCUT2D eigenvalue weighted by atomic mass is 10.1. The van der Waals surface area contributed by atoms with Gasteiger partial charge < -0.3 is 29.5 Å². The Labute approximate surface area is 231 Å². The number of hydrogen-bond donors (Lipinski definition) is 2. The average molecular weight is 587 g/mol. The minimum Gasteiger partial charge on any atom is -0.453 e. The third-order valence-corrected chi connectivity index (χ3v) is 7.22. The Morgan fingerprint density at radius 3 is 2.35 bits per heavy atom. The van der Waals surface area contributed by atoms with Crippen LogP contribution in [0.4, 0.5) is 33.9 Å². The number of aromatic nitrogens is 2. The molecule has 3 amide bonds. The first-order chi connectivity index (χ1) is 19.0. The van der Waals surface area contributed by atoms with Crippen LogP contribution in [0, 0.1) is 0 Å². The highest BCUT2D eigenvalue weighted by atomic mass is 32.1. The van der Waals surface area contributed by atoms with Crippen molar-refractivity contribution in [3.05, 3.63) is 23.8 Å². The number of methoxy groups -OCH3 is 1. The van der Waals surface area contributed by atoms with Gasteiger partial charge in [0, 0.05) is 57.9 Å². The maximum absolute atomic E-state index is 13.0. The molecular formula is C23H29F3N8O5S. The SMILES string of the molecule is COC(=O)N1CCN(c2nnc(NC(=O)c3ccc(OC(F)(F)F)c(NC(=O)CN4CCN(C)CC4)c3)s2)CC1. The monoisotopic (exact) mass is 586 g/mol. The zero-order valence-corrected chi connectivity index (χ0v) is 22.7. The number of carbonyl (C=O) groups excluding carboxylic acids is 3. The van der Waals surface area contributed by atoms with Gasteiger partial charge in [-0.25, -0.2) is 4.79 Å². The fraction of sp³-hybridized carbons (Fsp3) is 0.522. The molecule has 3 heterocycles. The molecule has 4 rings (SSSR count). The molecule has 0 saturated carbocycles. The summed E-state index contributed by atoms with van der Waals surface area (Å²) >= 11 is 1.11. The maximum Gasteiger partial charge on any atom is 0.573 e. The van der Waals surface area contributed by atoms with Crippen LogP contribution in [0.1, 0.15) is 10.4 Å². The molecule has 0 atom stereocenters. The predicted molar refractivity (Wildman–Crippen MR) is 140 cm³/mol. The molecule has 2 aliphatic rings. The van der Waals surface area contributed by atoms with Crippen molar-refractivity contribution in [3.8, 4) is 5.75 Å². The molecule has 0 spiro atoms. The van der Waals surface area contributed by atoms with Crippen molar-refractivity contribution in [1.29, 1.82) is 0 Å². The molecule has 0 radical (unpaired) electrons. The van der Waals surface area contributed by atoms with E-state index in [0.717, 1.165) is 42.6 Å². The number of hydrogen-bond acceptors (Lipinski definition) is 11. The first-order valence-corrected chi connectivity index (χ1v) is 13.2. The van der Waals surface area contributed by atoms with E-state index in [1.54, 1.807) is 4.90 Å². The van der Waals surface area contributed by atoms with Crippen LogP contribution in [-0.2, 0) is 9.53 Å². The molecule has 2 N–H and O–H groups in total. The maximum atomic E-state index is 13.0.